The van der Waals surface area contributed by atoms with Gasteiger partial charge >= 0.3 is 0 Å². The summed E-state index contributed by atoms with van der Waals surface area (Å²) in [5.74, 6) is 0. The van der Waals surface area contributed by atoms with E-state index in [1.165, 1.54) is 0 Å². The van der Waals surface area contributed by atoms with E-state index in [1.807, 2.05) is 11.9 Å². The lowest BCUT2D eigenvalue weighted by molar-refractivity contribution is -0.123. The highest BCUT2D eigenvalue weighted by Gasteiger charge is 2.34. The van der Waals surface area contributed by atoms with Crippen LogP contribution in [0.3, 0.4) is 0 Å². The maximum atomic E-state index is 10.7. The molecule has 0 N–H and O–H groups in total. The van der Waals surface area contributed by atoms with Crippen LogP contribution >= 0.6 is 0 Å². The lowest BCUT2D eigenvalue weighted by Crippen LogP contribution is -2.27. The fraction of sp³-hybridized carbons (Fsp3) is 0.667. The highest BCUT2D eigenvalue weighted by atomic mass is 16.2. The van der Waals surface area contributed by atoms with Gasteiger partial charge in [0.1, 0.15) is 0 Å². The zero-order chi connectivity index (χ0) is 9.14. The maximum absolute atomic E-state index is 10.7. The molecule has 0 aromatic carbocycles. The highest BCUT2D eigenvalue weighted by Crippen LogP contribution is 2.21. The van der Waals surface area contributed by atoms with Crippen LogP contribution in [0.5, 0.6) is 0 Å². The summed E-state index contributed by atoms with van der Waals surface area (Å²) in [6.45, 7) is 7.13. The van der Waals surface area contributed by atoms with Gasteiger partial charge < -0.3 is 0 Å². The Morgan fingerprint density at radius 2 is 2.33 bits per heavy atom. The van der Waals surface area contributed by atoms with E-state index in [0.29, 0.717) is 6.04 Å². The van der Waals surface area contributed by atoms with Crippen LogP contribution in [0, 0.1) is 0 Å². The van der Waals surface area contributed by atoms with Gasteiger partial charge in [-0.05, 0) is 20.3 Å². The van der Waals surface area contributed by atoms with Crippen molar-refractivity contribution in [2.75, 3.05) is 6.54 Å². The van der Waals surface area contributed by atoms with Gasteiger partial charge in [0.2, 0.25) is 6.41 Å². The van der Waals surface area contributed by atoms with Crippen molar-refractivity contribution in [1.82, 2.24) is 10.0 Å². The quantitative estimate of drug-likeness (QED) is 0.467. The third kappa shape index (κ3) is 1.85. The zero-order valence-electron chi connectivity index (χ0n) is 7.95. The number of rotatable bonds is 4. The smallest absolute Gasteiger partial charge is 0.228 e. The molecule has 0 radical (unpaired) electrons. The normalized spacial score (nSPS) is 28.4. The molecule has 1 rings (SSSR count). The number of amides is 1. The number of hydrogen-bond acceptors (Lipinski definition) is 2. The van der Waals surface area contributed by atoms with Crippen molar-refractivity contribution >= 4 is 6.41 Å². The minimum atomic E-state index is 0.524. The van der Waals surface area contributed by atoms with E-state index in [9.17, 15) is 4.79 Å². The minimum absolute atomic E-state index is 0.524. The number of nitrogens with zero attached hydrogens (tertiary/aromatic N) is 2. The van der Waals surface area contributed by atoms with Gasteiger partial charge in [-0.25, -0.2) is 10.0 Å². The van der Waals surface area contributed by atoms with E-state index in [4.69, 9.17) is 0 Å². The summed E-state index contributed by atoms with van der Waals surface area (Å²) in [7, 11) is 0. The van der Waals surface area contributed by atoms with Crippen LogP contribution in [0.4, 0.5) is 0 Å². The van der Waals surface area contributed by atoms with Gasteiger partial charge in [-0.15, -0.1) is 0 Å². The van der Waals surface area contributed by atoms with E-state index >= 15 is 0 Å². The van der Waals surface area contributed by atoms with Crippen LogP contribution in [-0.2, 0) is 4.79 Å². The SMILES string of the molecule is CCC=C(C)N(C=O)N1CC1C. The van der Waals surface area contributed by atoms with E-state index in [1.54, 1.807) is 5.01 Å². The molecule has 0 aromatic heterocycles. The van der Waals surface area contributed by atoms with Crippen LogP contribution < -0.4 is 0 Å². The van der Waals surface area contributed by atoms with Crippen molar-refractivity contribution in [1.29, 1.82) is 0 Å². The number of hydrazine groups is 1. The maximum Gasteiger partial charge on any atom is 0.228 e. The largest absolute Gasteiger partial charge is 0.277 e. The third-order valence-corrected chi connectivity index (χ3v) is 2.06. The monoisotopic (exact) mass is 168 g/mol. The molecule has 68 valence electrons. The molecule has 0 aliphatic carbocycles. The lowest BCUT2D eigenvalue weighted by atomic mass is 10.3. The van der Waals surface area contributed by atoms with Crippen LogP contribution in [-0.4, -0.2) is 29.0 Å². The fourth-order valence-electron chi connectivity index (χ4n) is 1.26. The van der Waals surface area contributed by atoms with Crippen molar-refractivity contribution in [3.8, 4) is 0 Å². The van der Waals surface area contributed by atoms with Gasteiger partial charge in [0.25, 0.3) is 0 Å². The highest BCUT2D eigenvalue weighted by molar-refractivity contribution is 5.50. The Hall–Kier alpha value is -0.830. The van der Waals surface area contributed by atoms with Crippen molar-refractivity contribution in [2.45, 2.75) is 33.2 Å². The third-order valence-electron chi connectivity index (χ3n) is 2.06. The van der Waals surface area contributed by atoms with Crippen molar-refractivity contribution < 1.29 is 4.79 Å². The molecule has 1 heterocycles. The number of carbonyl (C=O) groups is 1. The number of allylic oxidation sites excluding steroid dienone is 2. The van der Waals surface area contributed by atoms with Crippen LogP contribution in [0.15, 0.2) is 11.8 Å². The summed E-state index contributed by atoms with van der Waals surface area (Å²) in [6, 6.07) is 0.524. The summed E-state index contributed by atoms with van der Waals surface area (Å²) < 4.78 is 0. The molecule has 1 amide bonds. The number of hydrogen-bond donors (Lipinski definition) is 0. The average molecular weight is 168 g/mol. The molecular weight excluding hydrogens is 152 g/mol. The molecule has 1 aliphatic rings. The van der Waals surface area contributed by atoms with E-state index in [2.05, 4.69) is 19.9 Å². The second-order valence-electron chi connectivity index (χ2n) is 3.17. The van der Waals surface area contributed by atoms with E-state index in [0.717, 1.165) is 25.1 Å². The van der Waals surface area contributed by atoms with Crippen LogP contribution in [0.2, 0.25) is 0 Å². The molecule has 1 saturated heterocycles. The minimum Gasteiger partial charge on any atom is -0.277 e. The molecule has 2 atom stereocenters. The molecule has 12 heavy (non-hydrogen) atoms. The summed E-state index contributed by atoms with van der Waals surface area (Å²) in [5, 5.41) is 3.72. The summed E-state index contributed by atoms with van der Waals surface area (Å²) in [6.07, 6.45) is 3.91. The van der Waals surface area contributed by atoms with E-state index in [-0.39, 0.29) is 0 Å². The average Bonchev–Trinajstić information content (AvgIpc) is 2.69. The molecule has 3 nitrogen and oxygen atoms in total. The second kappa shape index (κ2) is 3.72. The van der Waals surface area contributed by atoms with Gasteiger partial charge in [-0.1, -0.05) is 13.0 Å². The summed E-state index contributed by atoms with van der Waals surface area (Å²) in [4.78, 5) is 10.7. The van der Waals surface area contributed by atoms with Crippen LogP contribution in [0.25, 0.3) is 0 Å². The Bertz CT molecular complexity index is 201. The molecule has 3 heteroatoms. The fourth-order valence-corrected chi connectivity index (χ4v) is 1.26. The predicted octanol–water partition coefficient (Wildman–Crippen LogP) is 1.38. The van der Waals surface area contributed by atoms with Crippen molar-refractivity contribution in [3.05, 3.63) is 11.8 Å². The second-order valence-corrected chi connectivity index (χ2v) is 3.17. The molecule has 2 unspecified atom stereocenters. The molecule has 0 aromatic rings. The van der Waals surface area contributed by atoms with Crippen molar-refractivity contribution in [3.63, 3.8) is 0 Å². The summed E-state index contributed by atoms with van der Waals surface area (Å²) >= 11 is 0. The molecule has 1 fully saturated rings. The van der Waals surface area contributed by atoms with Crippen molar-refractivity contribution in [2.24, 2.45) is 0 Å². The topological polar surface area (TPSA) is 23.3 Å². The Morgan fingerprint density at radius 1 is 1.75 bits per heavy atom. The zero-order valence-corrected chi connectivity index (χ0v) is 7.95. The Balaban J connectivity index is 2.56. The molecule has 0 saturated carbocycles. The summed E-state index contributed by atoms with van der Waals surface area (Å²) in [5.41, 5.74) is 1.02. The predicted molar refractivity (Wildman–Crippen MR) is 48.1 cm³/mol. The standard InChI is InChI=1S/C9H16N2O/c1-4-5-8(2)11(7-12)10-6-9(10)3/h5,7,9H,4,6H2,1-3H3. The molecule has 0 bridgehead atoms. The molecule has 1 aliphatic heterocycles. The Morgan fingerprint density at radius 3 is 2.67 bits per heavy atom. The molecule has 0 spiro atoms. The first-order chi connectivity index (χ1) is 5.70. The van der Waals surface area contributed by atoms with Gasteiger partial charge in [0, 0.05) is 18.3 Å². The Labute approximate surface area is 73.6 Å². The van der Waals surface area contributed by atoms with Crippen LogP contribution in [0.1, 0.15) is 27.2 Å². The first-order valence-corrected chi connectivity index (χ1v) is 4.38. The van der Waals surface area contributed by atoms with E-state index < -0.39 is 0 Å². The first kappa shape index (κ1) is 9.26. The molecular formula is C9H16N2O. The van der Waals surface area contributed by atoms with Gasteiger partial charge in [0.15, 0.2) is 0 Å². The van der Waals surface area contributed by atoms with Gasteiger partial charge in [0.05, 0.1) is 0 Å². The van der Waals surface area contributed by atoms with Gasteiger partial charge in [-0.3, -0.25) is 4.79 Å². The number of carbonyl (C=O) groups excluding carboxylic acids is 1. The lowest BCUT2D eigenvalue weighted by Gasteiger charge is -2.19. The van der Waals surface area contributed by atoms with Gasteiger partial charge in [-0.2, -0.15) is 0 Å². The first-order valence-electron chi connectivity index (χ1n) is 4.38. The Kier molecular flexibility index (Phi) is 2.87.